The zero-order valence-electron chi connectivity index (χ0n) is 17.9. The number of benzene rings is 2. The quantitative estimate of drug-likeness (QED) is 0.399. The molecule has 7 heteroatoms. The maximum atomic E-state index is 12.7. The lowest BCUT2D eigenvalue weighted by molar-refractivity contribution is -0.112. The molecule has 158 valence electrons. The van der Waals surface area contributed by atoms with Crippen molar-refractivity contribution in [1.29, 1.82) is 5.26 Å². The maximum Gasteiger partial charge on any atom is 0.268 e. The van der Waals surface area contributed by atoms with Crippen LogP contribution in [0.1, 0.15) is 22.9 Å². The van der Waals surface area contributed by atoms with Gasteiger partial charge in [-0.15, -0.1) is 11.3 Å². The molecule has 1 aromatic heterocycles. The number of thiazole rings is 1. The van der Waals surface area contributed by atoms with Gasteiger partial charge in [0.25, 0.3) is 5.91 Å². The van der Waals surface area contributed by atoms with Crippen LogP contribution in [0.15, 0.2) is 48.0 Å². The highest BCUT2D eigenvalue weighted by atomic mass is 32.1. The van der Waals surface area contributed by atoms with Crippen LogP contribution >= 0.6 is 11.3 Å². The first-order chi connectivity index (χ1) is 14.9. The third-order valence-electron chi connectivity index (χ3n) is 4.51. The number of carbonyl (C=O) groups is 1. The molecule has 0 atom stereocenters. The molecule has 0 unspecified atom stereocenters. The van der Waals surface area contributed by atoms with Crippen molar-refractivity contribution >= 4 is 28.5 Å². The monoisotopic (exact) mass is 433 g/mol. The number of anilines is 1. The van der Waals surface area contributed by atoms with Crippen LogP contribution in [0.2, 0.25) is 0 Å². The van der Waals surface area contributed by atoms with Crippen LogP contribution in [0.3, 0.4) is 0 Å². The minimum atomic E-state index is -0.514. The van der Waals surface area contributed by atoms with E-state index in [-0.39, 0.29) is 5.57 Å². The van der Waals surface area contributed by atoms with E-state index in [2.05, 4.69) is 10.3 Å². The van der Waals surface area contributed by atoms with Gasteiger partial charge < -0.3 is 9.47 Å². The van der Waals surface area contributed by atoms with Crippen LogP contribution in [0, 0.1) is 25.2 Å². The minimum Gasteiger partial charge on any atom is -0.493 e. The fourth-order valence-electron chi connectivity index (χ4n) is 2.96. The predicted octanol–water partition coefficient (Wildman–Crippen LogP) is 5.38. The van der Waals surface area contributed by atoms with Crippen molar-refractivity contribution < 1.29 is 14.3 Å². The molecule has 0 fully saturated rings. The highest BCUT2D eigenvalue weighted by molar-refractivity contribution is 7.16. The second-order valence-electron chi connectivity index (χ2n) is 6.76. The smallest absolute Gasteiger partial charge is 0.268 e. The van der Waals surface area contributed by atoms with Crippen LogP contribution in [0.4, 0.5) is 5.13 Å². The molecule has 31 heavy (non-hydrogen) atoms. The Kier molecular flexibility index (Phi) is 7.06. The average molecular weight is 434 g/mol. The Morgan fingerprint density at radius 3 is 2.58 bits per heavy atom. The van der Waals surface area contributed by atoms with Crippen molar-refractivity contribution in [2.24, 2.45) is 0 Å². The van der Waals surface area contributed by atoms with E-state index in [1.165, 1.54) is 23.0 Å². The lowest BCUT2D eigenvalue weighted by Gasteiger charge is -2.09. The van der Waals surface area contributed by atoms with Crippen molar-refractivity contribution in [3.63, 3.8) is 0 Å². The normalized spacial score (nSPS) is 11.0. The summed E-state index contributed by atoms with van der Waals surface area (Å²) in [4.78, 5) is 18.2. The third kappa shape index (κ3) is 5.30. The Hall–Kier alpha value is -3.63. The van der Waals surface area contributed by atoms with Crippen molar-refractivity contribution in [2.45, 2.75) is 20.8 Å². The number of nitriles is 1. The molecule has 1 N–H and O–H groups in total. The SMILES string of the molecule is CCOc1ccc(/C=C(\C#N)C(=O)Nc2nc(-c3ccc(C)cc3)c(C)s2)cc1OC. The Labute approximate surface area is 185 Å². The Morgan fingerprint density at radius 2 is 1.94 bits per heavy atom. The molecule has 3 aromatic rings. The molecule has 0 radical (unpaired) electrons. The number of aryl methyl sites for hydroxylation is 2. The maximum absolute atomic E-state index is 12.7. The van der Waals surface area contributed by atoms with E-state index in [9.17, 15) is 10.1 Å². The lowest BCUT2D eigenvalue weighted by atomic mass is 10.1. The number of amides is 1. The Bertz CT molecular complexity index is 1160. The lowest BCUT2D eigenvalue weighted by Crippen LogP contribution is -2.13. The molecule has 1 heterocycles. The summed E-state index contributed by atoms with van der Waals surface area (Å²) in [7, 11) is 1.54. The van der Waals surface area contributed by atoms with Crippen LogP contribution in [0.25, 0.3) is 17.3 Å². The van der Waals surface area contributed by atoms with Gasteiger partial charge in [0.05, 0.1) is 19.4 Å². The number of nitrogens with zero attached hydrogens (tertiary/aromatic N) is 2. The molecule has 0 saturated carbocycles. The van der Waals surface area contributed by atoms with E-state index < -0.39 is 5.91 Å². The number of nitrogens with one attached hydrogen (secondary N) is 1. The Balaban J connectivity index is 1.81. The molecule has 0 aliphatic rings. The largest absolute Gasteiger partial charge is 0.493 e. The second-order valence-corrected chi connectivity index (χ2v) is 7.96. The average Bonchev–Trinajstić information content (AvgIpc) is 3.13. The number of rotatable bonds is 7. The molecule has 0 saturated heterocycles. The minimum absolute atomic E-state index is 0.0315. The van der Waals surface area contributed by atoms with Gasteiger partial charge in [0, 0.05) is 10.4 Å². The predicted molar refractivity (Wildman–Crippen MR) is 123 cm³/mol. The molecule has 3 rings (SSSR count). The molecule has 2 aromatic carbocycles. The third-order valence-corrected chi connectivity index (χ3v) is 5.39. The number of aromatic nitrogens is 1. The van der Waals surface area contributed by atoms with Gasteiger partial charge in [0.2, 0.25) is 0 Å². The first-order valence-electron chi connectivity index (χ1n) is 9.73. The summed E-state index contributed by atoms with van der Waals surface area (Å²) in [6, 6.07) is 15.2. The van der Waals surface area contributed by atoms with Gasteiger partial charge in [-0.1, -0.05) is 35.9 Å². The Morgan fingerprint density at radius 1 is 1.19 bits per heavy atom. The highest BCUT2D eigenvalue weighted by Crippen LogP contribution is 2.31. The van der Waals surface area contributed by atoms with Crippen LogP contribution in [-0.2, 0) is 4.79 Å². The van der Waals surface area contributed by atoms with E-state index in [0.29, 0.717) is 28.8 Å². The van der Waals surface area contributed by atoms with Gasteiger partial charge in [0.1, 0.15) is 11.6 Å². The first kappa shape index (κ1) is 22.1. The van der Waals surface area contributed by atoms with Crippen LogP contribution in [-0.4, -0.2) is 24.6 Å². The van der Waals surface area contributed by atoms with Crippen LogP contribution < -0.4 is 14.8 Å². The van der Waals surface area contributed by atoms with Crippen molar-refractivity contribution in [2.75, 3.05) is 19.0 Å². The van der Waals surface area contributed by atoms with Gasteiger partial charge >= 0.3 is 0 Å². The number of ether oxygens (including phenoxy) is 2. The van der Waals surface area contributed by atoms with Crippen molar-refractivity contribution in [1.82, 2.24) is 4.98 Å². The molecule has 0 aliphatic heterocycles. The summed E-state index contributed by atoms with van der Waals surface area (Å²) in [6.07, 6.45) is 1.51. The van der Waals surface area contributed by atoms with Crippen molar-refractivity contribution in [3.05, 3.63) is 64.0 Å². The van der Waals surface area contributed by atoms with Gasteiger partial charge in [0.15, 0.2) is 16.6 Å². The molecular weight excluding hydrogens is 410 g/mol. The first-order valence-corrected chi connectivity index (χ1v) is 10.5. The van der Waals surface area contributed by atoms with Gasteiger partial charge in [-0.25, -0.2) is 4.98 Å². The molecule has 0 bridgehead atoms. The van der Waals surface area contributed by atoms with E-state index >= 15 is 0 Å². The second kappa shape index (κ2) is 9.92. The number of methoxy groups -OCH3 is 1. The van der Waals surface area contributed by atoms with E-state index in [1.807, 2.05) is 51.1 Å². The van der Waals surface area contributed by atoms with Crippen LogP contribution in [0.5, 0.6) is 11.5 Å². The number of carbonyl (C=O) groups excluding carboxylic acids is 1. The number of hydrogen-bond acceptors (Lipinski definition) is 6. The standard InChI is InChI=1S/C24H23N3O3S/c1-5-30-20-11-8-17(13-21(20)29-4)12-19(14-25)23(28)27-24-26-22(16(3)31-24)18-9-6-15(2)7-10-18/h6-13H,5H2,1-4H3,(H,26,27,28)/b19-12+. The molecular formula is C24H23N3O3S. The fourth-order valence-corrected chi connectivity index (χ4v) is 3.79. The summed E-state index contributed by atoms with van der Waals surface area (Å²) in [5.41, 5.74) is 3.59. The van der Waals surface area contributed by atoms with Crippen molar-refractivity contribution in [3.8, 4) is 28.8 Å². The van der Waals surface area contributed by atoms with E-state index in [1.54, 1.807) is 25.3 Å². The van der Waals surface area contributed by atoms with E-state index in [4.69, 9.17) is 9.47 Å². The zero-order valence-corrected chi connectivity index (χ0v) is 18.7. The summed E-state index contributed by atoms with van der Waals surface area (Å²) >= 11 is 1.37. The molecule has 0 aliphatic carbocycles. The topological polar surface area (TPSA) is 84.2 Å². The van der Waals surface area contributed by atoms with Gasteiger partial charge in [-0.3, -0.25) is 10.1 Å². The van der Waals surface area contributed by atoms with Gasteiger partial charge in [-0.05, 0) is 44.5 Å². The summed E-state index contributed by atoms with van der Waals surface area (Å²) in [5, 5.41) is 12.7. The highest BCUT2D eigenvalue weighted by Gasteiger charge is 2.15. The molecule has 1 amide bonds. The van der Waals surface area contributed by atoms with E-state index in [0.717, 1.165) is 16.1 Å². The summed E-state index contributed by atoms with van der Waals surface area (Å²) in [6.45, 7) is 6.37. The summed E-state index contributed by atoms with van der Waals surface area (Å²) in [5.74, 6) is 0.623. The molecule has 0 spiro atoms. The summed E-state index contributed by atoms with van der Waals surface area (Å²) < 4.78 is 10.8. The zero-order chi connectivity index (χ0) is 22.4. The fraction of sp³-hybridized carbons (Fsp3) is 0.208. The number of hydrogen-bond donors (Lipinski definition) is 1. The van der Waals surface area contributed by atoms with Gasteiger partial charge in [-0.2, -0.15) is 5.26 Å². The molecule has 6 nitrogen and oxygen atoms in total.